The van der Waals surface area contributed by atoms with Crippen LogP contribution >= 0.6 is 0 Å². The normalized spacial score (nSPS) is 16.4. The number of nitrogens with zero attached hydrogens (tertiary/aromatic N) is 1. The maximum Gasteiger partial charge on any atom is 0.239 e. The molecule has 3 rings (SSSR count). The van der Waals surface area contributed by atoms with Crippen LogP contribution in [0.2, 0.25) is 0 Å². The zero-order valence-corrected chi connectivity index (χ0v) is 14.3. The zero-order chi connectivity index (χ0) is 16.9. The minimum absolute atomic E-state index is 0.0503. The highest BCUT2D eigenvalue weighted by Crippen LogP contribution is 2.29. The summed E-state index contributed by atoms with van der Waals surface area (Å²) in [6.07, 6.45) is 2.17. The average Bonchev–Trinajstić information content (AvgIpc) is 2.63. The van der Waals surface area contributed by atoms with Crippen molar-refractivity contribution in [2.24, 2.45) is 0 Å². The summed E-state index contributed by atoms with van der Waals surface area (Å²) in [6, 6.07) is 16.5. The van der Waals surface area contributed by atoms with Gasteiger partial charge in [0.25, 0.3) is 0 Å². The third-order valence-corrected chi connectivity index (χ3v) is 4.63. The SMILES string of the molecule is COc1ccc(CNC(=O)CN2c3ccccc3CCC2C)cc1. The van der Waals surface area contributed by atoms with Crippen molar-refractivity contribution in [3.63, 3.8) is 0 Å². The quantitative estimate of drug-likeness (QED) is 0.918. The van der Waals surface area contributed by atoms with Crippen molar-refractivity contribution < 1.29 is 9.53 Å². The van der Waals surface area contributed by atoms with Crippen molar-refractivity contribution in [1.82, 2.24) is 5.32 Å². The van der Waals surface area contributed by atoms with Crippen LogP contribution in [0.3, 0.4) is 0 Å². The van der Waals surface area contributed by atoms with Crippen molar-refractivity contribution >= 4 is 11.6 Å². The van der Waals surface area contributed by atoms with Gasteiger partial charge in [0.1, 0.15) is 5.75 Å². The standard InChI is InChI=1S/C20H24N2O2/c1-15-7-10-17-5-3-4-6-19(17)22(15)14-20(23)21-13-16-8-11-18(24-2)12-9-16/h3-6,8-9,11-12,15H,7,10,13-14H2,1-2H3,(H,21,23). The van der Waals surface area contributed by atoms with Crippen molar-refractivity contribution in [2.75, 3.05) is 18.6 Å². The molecule has 1 amide bonds. The second kappa shape index (κ2) is 7.39. The van der Waals surface area contributed by atoms with E-state index in [2.05, 4.69) is 35.3 Å². The van der Waals surface area contributed by atoms with E-state index in [1.165, 1.54) is 11.3 Å². The van der Waals surface area contributed by atoms with E-state index in [4.69, 9.17) is 4.74 Å². The van der Waals surface area contributed by atoms with Crippen LogP contribution in [-0.4, -0.2) is 25.6 Å². The Labute approximate surface area is 143 Å². The van der Waals surface area contributed by atoms with Crippen LogP contribution in [0.4, 0.5) is 5.69 Å². The summed E-state index contributed by atoms with van der Waals surface area (Å²) in [4.78, 5) is 14.6. The summed E-state index contributed by atoms with van der Waals surface area (Å²) in [7, 11) is 1.65. The van der Waals surface area contributed by atoms with Crippen molar-refractivity contribution in [3.05, 3.63) is 59.7 Å². The van der Waals surface area contributed by atoms with E-state index in [0.29, 0.717) is 19.1 Å². The molecule has 0 spiro atoms. The van der Waals surface area contributed by atoms with Gasteiger partial charge >= 0.3 is 0 Å². The summed E-state index contributed by atoms with van der Waals surface area (Å²) in [5.41, 5.74) is 3.59. The second-order valence-electron chi connectivity index (χ2n) is 6.27. The highest BCUT2D eigenvalue weighted by atomic mass is 16.5. The number of anilines is 1. The molecule has 2 aromatic rings. The Morgan fingerprint density at radius 3 is 2.71 bits per heavy atom. The second-order valence-corrected chi connectivity index (χ2v) is 6.27. The van der Waals surface area contributed by atoms with Crippen LogP contribution in [0.25, 0.3) is 0 Å². The number of ether oxygens (including phenoxy) is 1. The molecule has 1 heterocycles. The molecule has 1 unspecified atom stereocenters. The van der Waals surface area contributed by atoms with Crippen molar-refractivity contribution in [3.8, 4) is 5.75 Å². The molecule has 0 saturated carbocycles. The number of fused-ring (bicyclic) bond motifs is 1. The molecule has 0 saturated heterocycles. The lowest BCUT2D eigenvalue weighted by atomic mass is 9.96. The van der Waals surface area contributed by atoms with E-state index in [9.17, 15) is 4.79 Å². The first-order valence-corrected chi connectivity index (χ1v) is 8.41. The topological polar surface area (TPSA) is 41.6 Å². The third kappa shape index (κ3) is 3.70. The average molecular weight is 324 g/mol. The van der Waals surface area contributed by atoms with Gasteiger partial charge < -0.3 is 15.0 Å². The fourth-order valence-electron chi connectivity index (χ4n) is 3.16. The van der Waals surface area contributed by atoms with E-state index in [1.807, 2.05) is 30.3 Å². The Bertz CT molecular complexity index is 697. The first kappa shape index (κ1) is 16.4. The molecular weight excluding hydrogens is 300 g/mol. The van der Waals surface area contributed by atoms with E-state index in [-0.39, 0.29) is 5.91 Å². The van der Waals surface area contributed by atoms with Gasteiger partial charge in [-0.15, -0.1) is 0 Å². The number of aryl methyl sites for hydroxylation is 1. The molecule has 1 N–H and O–H groups in total. The monoisotopic (exact) mass is 324 g/mol. The van der Waals surface area contributed by atoms with Gasteiger partial charge in [0.15, 0.2) is 0 Å². The number of amides is 1. The minimum atomic E-state index is 0.0503. The van der Waals surface area contributed by atoms with E-state index >= 15 is 0 Å². The molecule has 0 fully saturated rings. The molecule has 1 aliphatic rings. The number of rotatable bonds is 5. The molecule has 4 heteroatoms. The maximum atomic E-state index is 12.4. The van der Waals surface area contributed by atoms with Gasteiger partial charge in [0.2, 0.25) is 5.91 Å². The minimum Gasteiger partial charge on any atom is -0.497 e. The number of methoxy groups -OCH3 is 1. The Morgan fingerprint density at radius 1 is 1.21 bits per heavy atom. The summed E-state index contributed by atoms with van der Waals surface area (Å²) in [5.74, 6) is 0.873. The highest BCUT2D eigenvalue weighted by Gasteiger charge is 2.24. The molecule has 4 nitrogen and oxygen atoms in total. The molecule has 0 bridgehead atoms. The first-order valence-electron chi connectivity index (χ1n) is 8.41. The van der Waals surface area contributed by atoms with Crippen molar-refractivity contribution in [1.29, 1.82) is 0 Å². The van der Waals surface area contributed by atoms with Crippen LogP contribution in [0.5, 0.6) is 5.75 Å². The number of carbonyl (C=O) groups is 1. The van der Waals surface area contributed by atoms with Gasteiger partial charge in [-0.25, -0.2) is 0 Å². The smallest absolute Gasteiger partial charge is 0.239 e. The summed E-state index contributed by atoms with van der Waals surface area (Å²) >= 11 is 0. The largest absolute Gasteiger partial charge is 0.497 e. The lowest BCUT2D eigenvalue weighted by molar-refractivity contribution is -0.120. The predicted octanol–water partition coefficient (Wildman–Crippen LogP) is 3.15. The van der Waals surface area contributed by atoms with E-state index < -0.39 is 0 Å². The molecule has 1 atom stereocenters. The lowest BCUT2D eigenvalue weighted by Gasteiger charge is -2.36. The molecular formula is C20H24N2O2. The molecule has 2 aromatic carbocycles. The molecule has 0 radical (unpaired) electrons. The number of benzene rings is 2. The predicted molar refractivity (Wildman–Crippen MR) is 96.4 cm³/mol. The fraction of sp³-hybridized carbons (Fsp3) is 0.350. The van der Waals surface area contributed by atoms with Gasteiger partial charge in [-0.1, -0.05) is 30.3 Å². The van der Waals surface area contributed by atoms with Gasteiger partial charge in [-0.2, -0.15) is 0 Å². The lowest BCUT2D eigenvalue weighted by Crippen LogP contribution is -2.44. The number of carbonyl (C=O) groups excluding carboxylic acids is 1. The molecule has 0 aliphatic carbocycles. The number of hydrogen-bond donors (Lipinski definition) is 1. The Hall–Kier alpha value is -2.49. The van der Waals surface area contributed by atoms with E-state index in [0.717, 1.165) is 24.2 Å². The van der Waals surface area contributed by atoms with Gasteiger partial charge in [-0.05, 0) is 49.1 Å². The Morgan fingerprint density at radius 2 is 1.96 bits per heavy atom. The number of nitrogens with one attached hydrogen (secondary N) is 1. The number of para-hydroxylation sites is 1. The Balaban J connectivity index is 1.60. The molecule has 0 aromatic heterocycles. The van der Waals surface area contributed by atoms with Crippen LogP contribution in [-0.2, 0) is 17.8 Å². The summed E-state index contributed by atoms with van der Waals surface area (Å²) in [6.45, 7) is 3.12. The van der Waals surface area contributed by atoms with Gasteiger partial charge in [0.05, 0.1) is 13.7 Å². The van der Waals surface area contributed by atoms with Crippen LogP contribution in [0, 0.1) is 0 Å². The van der Waals surface area contributed by atoms with Gasteiger partial charge in [0, 0.05) is 18.3 Å². The summed E-state index contributed by atoms with van der Waals surface area (Å²) < 4.78 is 5.15. The zero-order valence-electron chi connectivity index (χ0n) is 14.3. The highest BCUT2D eigenvalue weighted by molar-refractivity contribution is 5.82. The Kier molecular flexibility index (Phi) is 5.04. The van der Waals surface area contributed by atoms with E-state index in [1.54, 1.807) is 7.11 Å². The molecule has 126 valence electrons. The number of hydrogen-bond acceptors (Lipinski definition) is 3. The molecule has 24 heavy (non-hydrogen) atoms. The molecule has 1 aliphatic heterocycles. The van der Waals surface area contributed by atoms with Crippen LogP contribution in [0.1, 0.15) is 24.5 Å². The maximum absolute atomic E-state index is 12.4. The van der Waals surface area contributed by atoms with Crippen LogP contribution < -0.4 is 15.0 Å². The third-order valence-electron chi connectivity index (χ3n) is 4.63. The fourth-order valence-corrected chi connectivity index (χ4v) is 3.16. The first-order chi connectivity index (χ1) is 11.7. The van der Waals surface area contributed by atoms with Gasteiger partial charge in [-0.3, -0.25) is 4.79 Å². The van der Waals surface area contributed by atoms with Crippen molar-refractivity contribution in [2.45, 2.75) is 32.4 Å². The summed E-state index contributed by atoms with van der Waals surface area (Å²) in [5, 5.41) is 3.01. The van der Waals surface area contributed by atoms with Crippen LogP contribution in [0.15, 0.2) is 48.5 Å².